The number of aromatic nitrogens is 2. The molecule has 0 aliphatic heterocycles. The number of unbranched alkanes of at least 4 members (excludes halogenated alkanes) is 1. The second-order valence-electron chi connectivity index (χ2n) is 5.21. The van der Waals surface area contributed by atoms with Crippen molar-refractivity contribution in [3.05, 3.63) is 41.5 Å². The van der Waals surface area contributed by atoms with Crippen molar-refractivity contribution < 1.29 is 27.3 Å². The highest BCUT2D eigenvalue weighted by Gasteiger charge is 2.38. The number of rotatable bonds is 7. The van der Waals surface area contributed by atoms with Gasteiger partial charge in [-0.05, 0) is 31.0 Å². The van der Waals surface area contributed by atoms with Crippen LogP contribution in [0.4, 0.5) is 18.9 Å². The summed E-state index contributed by atoms with van der Waals surface area (Å²) in [4.78, 5) is 26.1. The Hall–Kier alpha value is -2.91. The Morgan fingerprint density at radius 2 is 2.00 bits per heavy atom. The quantitative estimate of drug-likeness (QED) is 0.741. The lowest BCUT2D eigenvalue weighted by atomic mass is 10.1. The van der Waals surface area contributed by atoms with Gasteiger partial charge in [-0.15, -0.1) is 0 Å². The first-order chi connectivity index (χ1) is 11.8. The first-order valence-electron chi connectivity index (χ1n) is 7.35. The molecule has 3 N–H and O–H groups in total. The van der Waals surface area contributed by atoms with Crippen LogP contribution in [0.1, 0.15) is 41.3 Å². The van der Waals surface area contributed by atoms with Crippen LogP contribution in [0.3, 0.4) is 0 Å². The SMILES string of the molecule is NC(=O)c1cccc(NC(=O)CCCCc2noc(C(F)(F)F)n2)c1. The van der Waals surface area contributed by atoms with Gasteiger partial charge in [0.15, 0.2) is 5.82 Å². The predicted octanol–water partition coefficient (Wildman–Crippen LogP) is 2.54. The lowest BCUT2D eigenvalue weighted by Gasteiger charge is -2.06. The smallest absolute Gasteiger partial charge is 0.366 e. The fraction of sp³-hybridized carbons (Fsp3) is 0.333. The van der Waals surface area contributed by atoms with E-state index < -0.39 is 18.0 Å². The van der Waals surface area contributed by atoms with E-state index in [4.69, 9.17) is 5.73 Å². The number of anilines is 1. The standard InChI is InChI=1S/C15H15F3N4O3/c16-15(17,18)14-21-11(22-25-14)6-1-2-7-12(23)20-10-5-3-4-9(8-10)13(19)24/h3-5,8H,1-2,6-7H2,(H2,19,24)(H,20,23). The van der Waals surface area contributed by atoms with Gasteiger partial charge in [-0.2, -0.15) is 18.2 Å². The van der Waals surface area contributed by atoms with Crippen LogP contribution in [0.5, 0.6) is 0 Å². The normalized spacial score (nSPS) is 11.3. The van der Waals surface area contributed by atoms with Crippen LogP contribution < -0.4 is 11.1 Å². The minimum absolute atomic E-state index is 0.0538. The molecule has 25 heavy (non-hydrogen) atoms. The van der Waals surface area contributed by atoms with Gasteiger partial charge in [-0.3, -0.25) is 9.59 Å². The van der Waals surface area contributed by atoms with Crippen molar-refractivity contribution in [2.24, 2.45) is 5.73 Å². The summed E-state index contributed by atoms with van der Waals surface area (Å²) in [7, 11) is 0. The van der Waals surface area contributed by atoms with Crippen molar-refractivity contribution in [3.63, 3.8) is 0 Å². The molecule has 2 rings (SSSR count). The summed E-state index contributed by atoms with van der Waals surface area (Å²) < 4.78 is 41.0. The molecule has 0 aliphatic carbocycles. The van der Waals surface area contributed by atoms with Crippen LogP contribution in [0, 0.1) is 0 Å². The van der Waals surface area contributed by atoms with Crippen LogP contribution in [0.2, 0.25) is 0 Å². The molecule has 2 amide bonds. The molecule has 0 saturated heterocycles. The van der Waals surface area contributed by atoms with Gasteiger partial charge in [0.25, 0.3) is 0 Å². The molecule has 1 aromatic heterocycles. The van der Waals surface area contributed by atoms with E-state index in [9.17, 15) is 22.8 Å². The Balaban J connectivity index is 1.75. The van der Waals surface area contributed by atoms with E-state index in [0.29, 0.717) is 18.5 Å². The molecule has 10 heteroatoms. The maximum absolute atomic E-state index is 12.3. The van der Waals surface area contributed by atoms with Gasteiger partial charge in [0.2, 0.25) is 11.8 Å². The average Bonchev–Trinajstić information content (AvgIpc) is 3.01. The van der Waals surface area contributed by atoms with Gasteiger partial charge >= 0.3 is 12.1 Å². The van der Waals surface area contributed by atoms with Crippen LogP contribution in [0.15, 0.2) is 28.8 Å². The summed E-state index contributed by atoms with van der Waals surface area (Å²) in [5.74, 6) is -2.32. The molecule has 0 aliphatic rings. The molecule has 0 radical (unpaired) electrons. The Morgan fingerprint density at radius 3 is 2.64 bits per heavy atom. The number of alkyl halides is 3. The molecule has 0 unspecified atom stereocenters. The third-order valence-electron chi connectivity index (χ3n) is 3.20. The van der Waals surface area contributed by atoms with Gasteiger partial charge in [-0.1, -0.05) is 11.2 Å². The summed E-state index contributed by atoms with van der Waals surface area (Å²) in [5.41, 5.74) is 5.87. The number of primary amides is 1. The fourth-order valence-corrected chi connectivity index (χ4v) is 2.01. The molecule has 7 nitrogen and oxygen atoms in total. The first kappa shape index (κ1) is 18.4. The number of nitrogens with one attached hydrogen (secondary N) is 1. The Labute approximate surface area is 140 Å². The summed E-state index contributed by atoms with van der Waals surface area (Å²) in [6.45, 7) is 0. The largest absolute Gasteiger partial charge is 0.471 e. The molecule has 0 saturated carbocycles. The van der Waals surface area contributed by atoms with E-state index in [2.05, 4.69) is 20.0 Å². The molecule has 2 aromatic rings. The van der Waals surface area contributed by atoms with Crippen LogP contribution in [-0.4, -0.2) is 22.0 Å². The summed E-state index contributed by atoms with van der Waals surface area (Å²) in [6, 6.07) is 6.18. The Morgan fingerprint density at radius 1 is 1.24 bits per heavy atom. The second kappa shape index (κ2) is 7.77. The number of carbonyl (C=O) groups excluding carboxylic acids is 2. The summed E-state index contributed by atoms with van der Waals surface area (Å²) >= 11 is 0. The second-order valence-corrected chi connectivity index (χ2v) is 5.21. The van der Waals surface area contributed by atoms with Gasteiger partial charge < -0.3 is 15.6 Å². The van der Waals surface area contributed by atoms with E-state index in [0.717, 1.165) is 0 Å². The number of amides is 2. The molecule has 134 valence electrons. The van der Waals surface area contributed by atoms with Crippen molar-refractivity contribution in [2.45, 2.75) is 31.9 Å². The van der Waals surface area contributed by atoms with Gasteiger partial charge in [0.05, 0.1) is 0 Å². The molecule has 1 heterocycles. The maximum atomic E-state index is 12.3. The fourth-order valence-electron chi connectivity index (χ4n) is 2.01. The number of hydrogen-bond donors (Lipinski definition) is 2. The zero-order chi connectivity index (χ0) is 18.4. The van der Waals surface area contributed by atoms with Gasteiger partial charge in [0, 0.05) is 24.1 Å². The van der Waals surface area contributed by atoms with Gasteiger partial charge in [-0.25, -0.2) is 0 Å². The molecule has 0 bridgehead atoms. The van der Waals surface area contributed by atoms with Crippen LogP contribution >= 0.6 is 0 Å². The van der Waals surface area contributed by atoms with Crippen molar-refractivity contribution in [1.82, 2.24) is 10.1 Å². The zero-order valence-corrected chi connectivity index (χ0v) is 13.0. The molecular weight excluding hydrogens is 341 g/mol. The molecular formula is C15H15F3N4O3. The topological polar surface area (TPSA) is 111 Å². The van der Waals surface area contributed by atoms with Gasteiger partial charge in [0.1, 0.15) is 0 Å². The lowest BCUT2D eigenvalue weighted by molar-refractivity contribution is -0.159. The van der Waals surface area contributed by atoms with Crippen molar-refractivity contribution >= 4 is 17.5 Å². The third kappa shape index (κ3) is 5.59. The maximum Gasteiger partial charge on any atom is 0.471 e. The Bertz CT molecular complexity index is 758. The highest BCUT2D eigenvalue weighted by molar-refractivity contribution is 5.96. The minimum Gasteiger partial charge on any atom is -0.366 e. The highest BCUT2D eigenvalue weighted by atomic mass is 19.4. The summed E-state index contributed by atoms with van der Waals surface area (Å²) in [5, 5.41) is 5.86. The number of hydrogen-bond acceptors (Lipinski definition) is 5. The predicted molar refractivity (Wildman–Crippen MR) is 80.4 cm³/mol. The van der Waals surface area contributed by atoms with Crippen LogP contribution in [0.25, 0.3) is 0 Å². The average molecular weight is 356 g/mol. The number of carbonyl (C=O) groups is 2. The van der Waals surface area contributed by atoms with E-state index in [1.54, 1.807) is 12.1 Å². The van der Waals surface area contributed by atoms with Crippen molar-refractivity contribution in [3.8, 4) is 0 Å². The number of halogens is 3. The first-order valence-corrected chi connectivity index (χ1v) is 7.35. The molecule has 1 aromatic carbocycles. The third-order valence-corrected chi connectivity index (χ3v) is 3.20. The molecule has 0 atom stereocenters. The molecule has 0 fully saturated rings. The lowest BCUT2D eigenvalue weighted by Crippen LogP contribution is -2.14. The van der Waals surface area contributed by atoms with Crippen LogP contribution in [-0.2, 0) is 17.4 Å². The number of aryl methyl sites for hydroxylation is 1. The van der Waals surface area contributed by atoms with E-state index >= 15 is 0 Å². The highest BCUT2D eigenvalue weighted by Crippen LogP contribution is 2.27. The van der Waals surface area contributed by atoms with E-state index in [1.165, 1.54) is 12.1 Å². The zero-order valence-electron chi connectivity index (χ0n) is 13.0. The van der Waals surface area contributed by atoms with Crippen molar-refractivity contribution in [1.29, 1.82) is 0 Å². The molecule has 0 spiro atoms. The minimum atomic E-state index is -4.66. The van der Waals surface area contributed by atoms with E-state index in [-0.39, 0.29) is 30.1 Å². The number of nitrogens with two attached hydrogens (primary N) is 1. The van der Waals surface area contributed by atoms with E-state index in [1.807, 2.05) is 0 Å². The number of nitrogens with zero attached hydrogens (tertiary/aromatic N) is 2. The van der Waals surface area contributed by atoms with Crippen molar-refractivity contribution in [2.75, 3.05) is 5.32 Å². The number of benzene rings is 1. The monoisotopic (exact) mass is 356 g/mol. The Kier molecular flexibility index (Phi) is 5.73. The summed E-state index contributed by atoms with van der Waals surface area (Å²) in [6.07, 6.45) is -3.48.